The number of hydrogen-bond acceptors (Lipinski definition) is 4. The van der Waals surface area contributed by atoms with Crippen molar-refractivity contribution in [3.05, 3.63) is 30.1 Å². The number of amides is 1. The standard InChI is InChI=1S/C18H23FN2O4/c1-20-8-3-6-18(17(23)24)7-9-21(11-15(18)20)16(22)12-25-14-5-2-4-13(19)10-14/h2,4-5,10,15H,3,6-9,11-12H2,1H3,(H,23,24)/t15-,18+/m1/s1. The van der Waals surface area contributed by atoms with E-state index >= 15 is 0 Å². The Bertz CT molecular complexity index is 668. The Hall–Kier alpha value is -2.15. The van der Waals surface area contributed by atoms with E-state index in [1.54, 1.807) is 11.0 Å². The lowest BCUT2D eigenvalue weighted by molar-refractivity contribution is -0.165. The molecule has 0 unspecified atom stereocenters. The molecular formula is C18H23FN2O4. The van der Waals surface area contributed by atoms with E-state index < -0.39 is 17.2 Å². The number of halogens is 1. The minimum Gasteiger partial charge on any atom is -0.484 e. The first-order valence-electron chi connectivity index (χ1n) is 8.52. The average Bonchev–Trinajstić information content (AvgIpc) is 2.59. The van der Waals surface area contributed by atoms with Crippen molar-refractivity contribution in [2.45, 2.75) is 25.3 Å². The smallest absolute Gasteiger partial charge is 0.311 e. The van der Waals surface area contributed by atoms with Crippen LogP contribution in [0.25, 0.3) is 0 Å². The zero-order valence-electron chi connectivity index (χ0n) is 14.3. The number of aliphatic carboxylic acids is 1. The molecule has 1 amide bonds. The van der Waals surface area contributed by atoms with Gasteiger partial charge in [-0.2, -0.15) is 0 Å². The number of rotatable bonds is 4. The zero-order valence-corrected chi connectivity index (χ0v) is 14.3. The van der Waals surface area contributed by atoms with Gasteiger partial charge in [0.25, 0.3) is 5.91 Å². The number of carbonyl (C=O) groups is 2. The summed E-state index contributed by atoms with van der Waals surface area (Å²) in [5.74, 6) is -1.09. The normalized spacial score (nSPS) is 26.8. The Kier molecular flexibility index (Phi) is 4.94. The van der Waals surface area contributed by atoms with E-state index in [-0.39, 0.29) is 18.6 Å². The van der Waals surface area contributed by atoms with Crippen molar-refractivity contribution in [1.29, 1.82) is 0 Å². The van der Waals surface area contributed by atoms with Gasteiger partial charge < -0.3 is 19.6 Å². The third-order valence-corrected chi connectivity index (χ3v) is 5.46. The van der Waals surface area contributed by atoms with Crippen LogP contribution in [0.5, 0.6) is 5.75 Å². The molecule has 0 radical (unpaired) electrons. The zero-order chi connectivity index (χ0) is 18.0. The molecular weight excluding hydrogens is 327 g/mol. The first-order chi connectivity index (χ1) is 11.9. The number of benzene rings is 1. The van der Waals surface area contributed by atoms with Crippen molar-refractivity contribution >= 4 is 11.9 Å². The van der Waals surface area contributed by atoms with Crippen molar-refractivity contribution in [1.82, 2.24) is 9.80 Å². The second-order valence-electron chi connectivity index (χ2n) is 6.90. The maximum atomic E-state index is 13.2. The van der Waals surface area contributed by atoms with E-state index in [0.29, 0.717) is 31.7 Å². The molecule has 6 nitrogen and oxygen atoms in total. The predicted octanol–water partition coefficient (Wildman–Crippen LogP) is 1.60. The summed E-state index contributed by atoms with van der Waals surface area (Å²) in [4.78, 5) is 28.0. The topological polar surface area (TPSA) is 70.1 Å². The second kappa shape index (κ2) is 7.00. The molecule has 0 aliphatic carbocycles. The van der Waals surface area contributed by atoms with Crippen LogP contribution in [0.2, 0.25) is 0 Å². The Labute approximate surface area is 146 Å². The van der Waals surface area contributed by atoms with Crippen LogP contribution in [0.1, 0.15) is 19.3 Å². The predicted molar refractivity (Wildman–Crippen MR) is 88.8 cm³/mol. The highest BCUT2D eigenvalue weighted by atomic mass is 19.1. The van der Waals surface area contributed by atoms with E-state index in [2.05, 4.69) is 0 Å². The molecule has 136 valence electrons. The summed E-state index contributed by atoms with van der Waals surface area (Å²) in [5.41, 5.74) is -0.771. The van der Waals surface area contributed by atoms with E-state index in [0.717, 1.165) is 13.0 Å². The van der Waals surface area contributed by atoms with Crippen molar-refractivity contribution in [3.63, 3.8) is 0 Å². The molecule has 0 bridgehead atoms. The van der Waals surface area contributed by atoms with Crippen LogP contribution in [0.3, 0.4) is 0 Å². The molecule has 2 heterocycles. The summed E-state index contributed by atoms with van der Waals surface area (Å²) in [6, 6.07) is 5.47. The fraction of sp³-hybridized carbons (Fsp3) is 0.556. The van der Waals surface area contributed by atoms with Crippen molar-refractivity contribution < 1.29 is 23.8 Å². The van der Waals surface area contributed by atoms with Gasteiger partial charge in [0.05, 0.1) is 5.41 Å². The molecule has 2 fully saturated rings. The number of likely N-dealkylation sites (tertiary alicyclic amines) is 2. The molecule has 2 aliphatic rings. The van der Waals surface area contributed by atoms with Crippen LogP contribution in [-0.4, -0.2) is 66.1 Å². The van der Waals surface area contributed by atoms with Crippen LogP contribution in [-0.2, 0) is 9.59 Å². The molecule has 0 aromatic heterocycles. The van der Waals surface area contributed by atoms with Crippen molar-refractivity contribution in [2.75, 3.05) is 33.3 Å². The van der Waals surface area contributed by atoms with Crippen LogP contribution in [0.4, 0.5) is 4.39 Å². The van der Waals surface area contributed by atoms with Gasteiger partial charge in [0.2, 0.25) is 0 Å². The van der Waals surface area contributed by atoms with Gasteiger partial charge in [0.1, 0.15) is 11.6 Å². The van der Waals surface area contributed by atoms with Crippen LogP contribution in [0.15, 0.2) is 24.3 Å². The van der Waals surface area contributed by atoms with Crippen molar-refractivity contribution in [2.24, 2.45) is 5.41 Å². The van der Waals surface area contributed by atoms with Gasteiger partial charge in [0, 0.05) is 25.2 Å². The largest absolute Gasteiger partial charge is 0.484 e. The van der Waals surface area contributed by atoms with E-state index in [1.165, 1.54) is 18.2 Å². The Morgan fingerprint density at radius 2 is 2.16 bits per heavy atom. The quantitative estimate of drug-likeness (QED) is 0.893. The average molecular weight is 350 g/mol. The van der Waals surface area contributed by atoms with Crippen LogP contribution >= 0.6 is 0 Å². The molecule has 2 aliphatic heterocycles. The molecule has 7 heteroatoms. The lowest BCUT2D eigenvalue weighted by Gasteiger charge is -2.51. The van der Waals surface area contributed by atoms with E-state index in [1.807, 2.05) is 11.9 Å². The van der Waals surface area contributed by atoms with Gasteiger partial charge in [-0.25, -0.2) is 4.39 Å². The van der Waals surface area contributed by atoms with Gasteiger partial charge in [-0.15, -0.1) is 0 Å². The number of piperidine rings is 2. The third kappa shape index (κ3) is 3.46. The third-order valence-electron chi connectivity index (χ3n) is 5.46. The molecule has 3 rings (SSSR count). The summed E-state index contributed by atoms with van der Waals surface area (Å²) in [7, 11) is 1.92. The second-order valence-corrected chi connectivity index (χ2v) is 6.90. The SMILES string of the molecule is CN1CCC[C@]2(C(=O)O)CCN(C(=O)COc3cccc(F)c3)C[C@@H]12. The lowest BCUT2D eigenvalue weighted by atomic mass is 9.68. The first kappa shape index (κ1) is 17.7. The number of carboxylic acids is 1. The maximum Gasteiger partial charge on any atom is 0.311 e. The minimum atomic E-state index is -0.771. The fourth-order valence-electron chi connectivity index (χ4n) is 4.00. The summed E-state index contributed by atoms with van der Waals surface area (Å²) in [5, 5.41) is 9.75. The molecule has 2 atom stereocenters. The number of nitrogens with zero attached hydrogens (tertiary/aromatic N) is 2. The summed E-state index contributed by atoms with van der Waals surface area (Å²) in [6.45, 7) is 1.44. The van der Waals surface area contributed by atoms with E-state index in [4.69, 9.17) is 4.74 Å². The molecule has 2 saturated heterocycles. The Morgan fingerprint density at radius 1 is 1.36 bits per heavy atom. The number of fused-ring (bicyclic) bond motifs is 1. The van der Waals surface area contributed by atoms with Gasteiger partial charge in [-0.05, 0) is 45.0 Å². The first-order valence-corrected chi connectivity index (χ1v) is 8.52. The number of hydrogen-bond donors (Lipinski definition) is 1. The molecule has 0 spiro atoms. The number of likely N-dealkylation sites (N-methyl/N-ethyl adjacent to an activating group) is 1. The van der Waals surface area contributed by atoms with Crippen LogP contribution in [0, 0.1) is 11.2 Å². The number of ether oxygens (including phenoxy) is 1. The van der Waals surface area contributed by atoms with Crippen LogP contribution < -0.4 is 4.74 Å². The number of carboxylic acid groups (broad SMARTS) is 1. The highest BCUT2D eigenvalue weighted by Gasteiger charge is 2.52. The Morgan fingerprint density at radius 3 is 2.88 bits per heavy atom. The van der Waals surface area contributed by atoms with Gasteiger partial charge in [-0.3, -0.25) is 9.59 Å². The summed E-state index contributed by atoms with van der Waals surface area (Å²) in [6.07, 6.45) is 1.96. The van der Waals surface area contributed by atoms with E-state index in [9.17, 15) is 19.1 Å². The highest BCUT2D eigenvalue weighted by Crippen LogP contribution is 2.42. The molecule has 1 aromatic rings. The molecule has 25 heavy (non-hydrogen) atoms. The minimum absolute atomic E-state index is 0.181. The van der Waals surface area contributed by atoms with Gasteiger partial charge >= 0.3 is 5.97 Å². The molecule has 0 saturated carbocycles. The number of carbonyl (C=O) groups excluding carboxylic acids is 1. The molecule has 1 aromatic carbocycles. The summed E-state index contributed by atoms with van der Waals surface area (Å²) < 4.78 is 18.5. The Balaban J connectivity index is 1.64. The highest BCUT2D eigenvalue weighted by molar-refractivity contribution is 5.80. The lowest BCUT2D eigenvalue weighted by Crippen LogP contribution is -2.64. The maximum absolute atomic E-state index is 13.2. The van der Waals surface area contributed by atoms with Crippen molar-refractivity contribution in [3.8, 4) is 5.75 Å². The van der Waals surface area contributed by atoms with Gasteiger partial charge in [0.15, 0.2) is 6.61 Å². The summed E-state index contributed by atoms with van der Waals surface area (Å²) >= 11 is 0. The molecule has 1 N–H and O–H groups in total. The van der Waals surface area contributed by atoms with Gasteiger partial charge in [-0.1, -0.05) is 6.07 Å². The fourth-order valence-corrected chi connectivity index (χ4v) is 4.00. The monoisotopic (exact) mass is 350 g/mol.